The minimum absolute atomic E-state index is 0.321. The van der Waals surface area contributed by atoms with Gasteiger partial charge in [0.2, 0.25) is 0 Å². The summed E-state index contributed by atoms with van der Waals surface area (Å²) in [6.07, 6.45) is 8.08. The lowest BCUT2D eigenvalue weighted by atomic mass is 10.1. The van der Waals surface area contributed by atoms with Crippen LogP contribution in [0.2, 0.25) is 0 Å². The highest BCUT2D eigenvalue weighted by atomic mass is 19.1. The fourth-order valence-corrected chi connectivity index (χ4v) is 4.19. The predicted octanol–water partition coefficient (Wildman–Crippen LogP) is 5.65. The second-order valence-electron chi connectivity index (χ2n) is 9.71. The van der Waals surface area contributed by atoms with E-state index in [4.69, 9.17) is 4.98 Å². The third kappa shape index (κ3) is 3.99. The molecule has 1 aliphatic carbocycles. The van der Waals surface area contributed by atoms with E-state index < -0.39 is 0 Å². The zero-order valence-electron chi connectivity index (χ0n) is 18.6. The molecule has 3 heterocycles. The van der Waals surface area contributed by atoms with Gasteiger partial charge in [0.25, 0.3) is 0 Å². The van der Waals surface area contributed by atoms with Crippen LogP contribution in [0.1, 0.15) is 39.3 Å². The summed E-state index contributed by atoms with van der Waals surface area (Å²) in [7, 11) is 0. The molecule has 4 aromatic rings. The summed E-state index contributed by atoms with van der Waals surface area (Å²) in [6.45, 7) is 10.9. The third-order valence-electron chi connectivity index (χ3n) is 6.08. The van der Waals surface area contributed by atoms with E-state index in [0.29, 0.717) is 28.4 Å². The second-order valence-corrected chi connectivity index (χ2v) is 9.71. The van der Waals surface area contributed by atoms with E-state index in [1.165, 1.54) is 24.6 Å². The molecule has 0 aliphatic heterocycles. The quantitative estimate of drug-likeness (QED) is 0.406. The van der Waals surface area contributed by atoms with Gasteiger partial charge in [0.1, 0.15) is 0 Å². The van der Waals surface area contributed by atoms with Crippen molar-refractivity contribution >= 4 is 22.2 Å². The maximum absolute atomic E-state index is 14.5. The van der Waals surface area contributed by atoms with E-state index in [1.54, 1.807) is 10.6 Å². The zero-order chi connectivity index (χ0) is 21.8. The first-order valence-electron chi connectivity index (χ1n) is 11.0. The Morgan fingerprint density at radius 1 is 1.16 bits per heavy atom. The largest absolute Gasteiger partial charge is 0.371 e. The van der Waals surface area contributed by atoms with Crippen molar-refractivity contribution in [1.29, 1.82) is 0 Å². The molecule has 1 fully saturated rings. The Balaban J connectivity index is 1.49. The summed E-state index contributed by atoms with van der Waals surface area (Å²) in [6, 6.07) is 7.83. The molecule has 5 rings (SSSR count). The maximum Gasteiger partial charge on any atom is 0.173 e. The summed E-state index contributed by atoms with van der Waals surface area (Å²) in [4.78, 5) is 16.0. The van der Waals surface area contributed by atoms with Gasteiger partial charge in [-0.3, -0.25) is 0 Å². The van der Waals surface area contributed by atoms with Crippen molar-refractivity contribution in [3.8, 4) is 11.4 Å². The van der Waals surface area contributed by atoms with Crippen LogP contribution in [-0.4, -0.2) is 32.4 Å². The average Bonchev–Trinajstić information content (AvgIpc) is 3.32. The molecule has 0 amide bonds. The normalized spacial score (nSPS) is 15.2. The molecule has 31 heavy (non-hydrogen) atoms. The van der Waals surface area contributed by atoms with Crippen LogP contribution in [0.3, 0.4) is 0 Å². The lowest BCUT2D eigenvalue weighted by Gasteiger charge is -2.30. The predicted molar refractivity (Wildman–Crippen MR) is 123 cm³/mol. The van der Waals surface area contributed by atoms with E-state index in [9.17, 15) is 4.39 Å². The van der Waals surface area contributed by atoms with E-state index in [0.717, 1.165) is 29.7 Å². The van der Waals surface area contributed by atoms with Crippen molar-refractivity contribution < 1.29 is 4.39 Å². The van der Waals surface area contributed by atoms with Crippen LogP contribution in [0, 0.1) is 24.1 Å². The number of hydrogen-bond acceptors (Lipinski definition) is 4. The smallest absolute Gasteiger partial charge is 0.173 e. The first kappa shape index (κ1) is 19.9. The van der Waals surface area contributed by atoms with Crippen molar-refractivity contribution in [3.05, 3.63) is 54.4 Å². The molecule has 0 bridgehead atoms. The van der Waals surface area contributed by atoms with Gasteiger partial charge in [0, 0.05) is 48.3 Å². The number of imidazole rings is 1. The molecular weight excluding hydrogens is 389 g/mol. The highest BCUT2D eigenvalue weighted by Crippen LogP contribution is 2.46. The van der Waals surface area contributed by atoms with Gasteiger partial charge < -0.3 is 9.30 Å². The Hall–Kier alpha value is -3.02. The Kier molecular flexibility index (Phi) is 4.68. The molecule has 5 nitrogen and oxygen atoms in total. The number of aromatic nitrogens is 4. The number of halogens is 1. The van der Waals surface area contributed by atoms with Crippen LogP contribution in [0.25, 0.3) is 27.9 Å². The second kappa shape index (κ2) is 7.29. The van der Waals surface area contributed by atoms with E-state index >= 15 is 0 Å². The van der Waals surface area contributed by atoms with Gasteiger partial charge in [-0.05, 0) is 55.4 Å². The minimum Gasteiger partial charge on any atom is -0.371 e. The average molecular weight is 418 g/mol. The number of nitrogens with zero attached hydrogens (tertiary/aromatic N) is 5. The fraction of sp³-hybridized carbons (Fsp3) is 0.400. The van der Waals surface area contributed by atoms with E-state index in [1.807, 2.05) is 19.3 Å². The van der Waals surface area contributed by atoms with Gasteiger partial charge in [-0.25, -0.2) is 19.3 Å². The number of benzene rings is 1. The lowest BCUT2D eigenvalue weighted by molar-refractivity contribution is 0.514. The van der Waals surface area contributed by atoms with Crippen LogP contribution in [0.4, 0.5) is 10.1 Å². The molecule has 1 aliphatic rings. The van der Waals surface area contributed by atoms with Crippen molar-refractivity contribution in [3.63, 3.8) is 0 Å². The van der Waals surface area contributed by atoms with Crippen molar-refractivity contribution in [2.75, 3.05) is 18.0 Å². The van der Waals surface area contributed by atoms with Crippen molar-refractivity contribution in [2.24, 2.45) is 11.3 Å². The number of aryl methyl sites for hydroxylation is 1. The molecule has 0 saturated heterocycles. The van der Waals surface area contributed by atoms with Crippen LogP contribution in [0.15, 0.2) is 42.9 Å². The molecule has 1 aromatic carbocycles. The Morgan fingerprint density at radius 2 is 1.97 bits per heavy atom. The molecule has 0 N–H and O–H groups in total. The Morgan fingerprint density at radius 3 is 2.71 bits per heavy atom. The molecule has 0 spiro atoms. The number of anilines is 1. The summed E-state index contributed by atoms with van der Waals surface area (Å²) in [5.41, 5.74) is 4.25. The third-order valence-corrected chi connectivity index (χ3v) is 6.08. The van der Waals surface area contributed by atoms with Crippen LogP contribution in [0.5, 0.6) is 0 Å². The maximum atomic E-state index is 14.5. The minimum atomic E-state index is -0.373. The summed E-state index contributed by atoms with van der Waals surface area (Å²) < 4.78 is 16.2. The monoisotopic (exact) mass is 417 g/mol. The molecule has 0 unspecified atom stereocenters. The standard InChI is InChI=1S/C25H28FN5/c1-16(2)12-31(15-25(4)7-8-25)20-5-6-22-18(9-20)11-27-23(29-22)19-10-21(26)24-28-17(3)13-30(24)14-19/h5-6,9-11,13-14,16H,7-8,12,15H2,1-4H3. The Labute approximate surface area is 182 Å². The summed E-state index contributed by atoms with van der Waals surface area (Å²) >= 11 is 0. The molecule has 1 saturated carbocycles. The zero-order valence-corrected chi connectivity index (χ0v) is 18.6. The van der Waals surface area contributed by atoms with Crippen molar-refractivity contribution in [1.82, 2.24) is 19.4 Å². The van der Waals surface area contributed by atoms with Gasteiger partial charge in [0.05, 0.1) is 11.2 Å². The van der Waals surface area contributed by atoms with Gasteiger partial charge in [-0.1, -0.05) is 20.8 Å². The molecule has 3 aromatic heterocycles. The molecule has 0 atom stereocenters. The Bertz CT molecular complexity index is 1270. The number of pyridine rings is 1. The van der Waals surface area contributed by atoms with Gasteiger partial charge in [-0.15, -0.1) is 0 Å². The van der Waals surface area contributed by atoms with Crippen LogP contribution < -0.4 is 4.90 Å². The number of hydrogen-bond donors (Lipinski definition) is 0. The number of rotatable bonds is 6. The SMILES string of the molecule is Cc1cn2cc(-c3ncc4cc(N(CC(C)C)CC5(C)CC5)ccc4n3)cc(F)c2n1. The lowest BCUT2D eigenvalue weighted by Crippen LogP contribution is -2.32. The highest BCUT2D eigenvalue weighted by molar-refractivity contribution is 5.83. The van der Waals surface area contributed by atoms with Crippen LogP contribution in [-0.2, 0) is 0 Å². The summed E-state index contributed by atoms with van der Waals surface area (Å²) in [5, 5.41) is 0.996. The topological polar surface area (TPSA) is 46.3 Å². The molecule has 6 heteroatoms. The van der Waals surface area contributed by atoms with Gasteiger partial charge in [0.15, 0.2) is 17.3 Å². The van der Waals surface area contributed by atoms with Crippen LogP contribution >= 0.6 is 0 Å². The summed E-state index contributed by atoms with van der Waals surface area (Å²) in [5.74, 6) is 0.729. The van der Waals surface area contributed by atoms with Gasteiger partial charge in [-0.2, -0.15) is 0 Å². The molecular formula is C25H28FN5. The highest BCUT2D eigenvalue weighted by Gasteiger charge is 2.39. The first-order valence-corrected chi connectivity index (χ1v) is 11.0. The fourth-order valence-electron chi connectivity index (χ4n) is 4.19. The first-order chi connectivity index (χ1) is 14.8. The van der Waals surface area contributed by atoms with E-state index in [2.05, 4.69) is 53.8 Å². The molecule has 0 radical (unpaired) electrons. The molecule has 160 valence electrons. The van der Waals surface area contributed by atoms with E-state index in [-0.39, 0.29) is 5.82 Å². The van der Waals surface area contributed by atoms with Crippen molar-refractivity contribution in [2.45, 2.75) is 40.5 Å². The number of fused-ring (bicyclic) bond motifs is 2. The van der Waals surface area contributed by atoms with Gasteiger partial charge >= 0.3 is 0 Å².